The topological polar surface area (TPSA) is 32.3 Å². The molecule has 2 N–H and O–H groups in total. The smallest absolute Gasteiger partial charge is 0.123 e. The van der Waals surface area contributed by atoms with E-state index in [1.165, 1.54) is 11.6 Å². The highest BCUT2D eigenvalue weighted by Crippen LogP contribution is 2.32. The van der Waals surface area contributed by atoms with Gasteiger partial charge in [0.05, 0.1) is 5.60 Å². The van der Waals surface area contributed by atoms with Crippen LogP contribution in [0.25, 0.3) is 0 Å². The molecule has 0 saturated carbocycles. The summed E-state index contributed by atoms with van der Waals surface area (Å²) in [5, 5.41) is 13.7. The molecule has 0 spiro atoms. The molecule has 1 aliphatic carbocycles. The largest absolute Gasteiger partial charge is 0.389 e. The van der Waals surface area contributed by atoms with Gasteiger partial charge in [-0.2, -0.15) is 0 Å². The van der Waals surface area contributed by atoms with Crippen LogP contribution in [0.1, 0.15) is 50.3 Å². The zero-order chi connectivity index (χ0) is 13.2. The Bertz CT molecular complexity index is 415. The molecule has 0 aliphatic heterocycles. The molecule has 1 aromatic rings. The van der Waals surface area contributed by atoms with Gasteiger partial charge in [0.25, 0.3) is 0 Å². The molecule has 3 heteroatoms. The number of hydrogen-bond acceptors (Lipinski definition) is 2. The van der Waals surface area contributed by atoms with Crippen molar-refractivity contribution in [2.75, 3.05) is 6.54 Å². The minimum Gasteiger partial charge on any atom is -0.389 e. The van der Waals surface area contributed by atoms with Gasteiger partial charge in [-0.3, -0.25) is 0 Å². The first-order valence-electron chi connectivity index (χ1n) is 6.82. The average Bonchev–Trinajstić information content (AvgIpc) is 2.78. The van der Waals surface area contributed by atoms with Crippen LogP contribution in [0.5, 0.6) is 0 Å². The Morgan fingerprint density at radius 2 is 2.11 bits per heavy atom. The van der Waals surface area contributed by atoms with Crippen LogP contribution < -0.4 is 5.32 Å². The maximum absolute atomic E-state index is 13.1. The normalized spacial score (nSPS) is 19.0. The summed E-state index contributed by atoms with van der Waals surface area (Å²) < 4.78 is 13.1. The van der Waals surface area contributed by atoms with Gasteiger partial charge in [-0.1, -0.05) is 19.9 Å². The number of rotatable bonds is 5. The summed E-state index contributed by atoms with van der Waals surface area (Å²) in [5.74, 6) is -0.159. The van der Waals surface area contributed by atoms with Crippen molar-refractivity contribution >= 4 is 0 Å². The molecule has 1 unspecified atom stereocenters. The molecule has 0 saturated heterocycles. The van der Waals surface area contributed by atoms with Crippen molar-refractivity contribution in [1.29, 1.82) is 0 Å². The third kappa shape index (κ3) is 2.73. The van der Waals surface area contributed by atoms with Gasteiger partial charge in [-0.15, -0.1) is 0 Å². The molecule has 1 aliphatic rings. The summed E-state index contributed by atoms with van der Waals surface area (Å²) in [6, 6.07) is 5.27. The first kappa shape index (κ1) is 13.5. The predicted molar refractivity (Wildman–Crippen MR) is 71.0 cm³/mol. The maximum atomic E-state index is 13.1. The van der Waals surface area contributed by atoms with E-state index in [1.807, 2.05) is 19.9 Å². The van der Waals surface area contributed by atoms with Gasteiger partial charge in [0.1, 0.15) is 5.82 Å². The molecular formula is C15H22FNO. The lowest BCUT2D eigenvalue weighted by Crippen LogP contribution is -2.40. The van der Waals surface area contributed by atoms with Crippen molar-refractivity contribution < 1.29 is 9.50 Å². The van der Waals surface area contributed by atoms with Gasteiger partial charge in [-0.25, -0.2) is 4.39 Å². The Kier molecular flexibility index (Phi) is 4.03. The summed E-state index contributed by atoms with van der Waals surface area (Å²) in [7, 11) is 0. The fourth-order valence-electron chi connectivity index (χ4n) is 2.61. The second-order valence-corrected chi connectivity index (χ2v) is 5.25. The number of aliphatic hydroxyl groups is 1. The molecule has 2 rings (SSSR count). The summed E-state index contributed by atoms with van der Waals surface area (Å²) >= 11 is 0. The fraction of sp³-hybridized carbons (Fsp3) is 0.600. The highest BCUT2D eigenvalue weighted by molar-refractivity contribution is 5.34. The van der Waals surface area contributed by atoms with Crippen molar-refractivity contribution in [3.8, 4) is 0 Å². The van der Waals surface area contributed by atoms with Crippen molar-refractivity contribution in [1.82, 2.24) is 5.32 Å². The third-order valence-electron chi connectivity index (χ3n) is 4.18. The number of nitrogens with one attached hydrogen (secondary N) is 1. The molecule has 0 heterocycles. The van der Waals surface area contributed by atoms with E-state index in [4.69, 9.17) is 0 Å². The van der Waals surface area contributed by atoms with E-state index in [1.54, 1.807) is 6.07 Å². The lowest BCUT2D eigenvalue weighted by molar-refractivity contribution is 0.0298. The van der Waals surface area contributed by atoms with Crippen LogP contribution in [0.4, 0.5) is 4.39 Å². The molecule has 100 valence electrons. The zero-order valence-corrected chi connectivity index (χ0v) is 11.2. The first-order valence-corrected chi connectivity index (χ1v) is 6.82. The van der Waals surface area contributed by atoms with Gasteiger partial charge in [-0.05, 0) is 48.9 Å². The summed E-state index contributed by atoms with van der Waals surface area (Å²) in [6.07, 6.45) is 3.41. The van der Waals surface area contributed by atoms with E-state index >= 15 is 0 Å². The lowest BCUT2D eigenvalue weighted by atomic mass is 9.96. The van der Waals surface area contributed by atoms with E-state index in [-0.39, 0.29) is 11.9 Å². The van der Waals surface area contributed by atoms with E-state index in [2.05, 4.69) is 5.32 Å². The highest BCUT2D eigenvalue weighted by atomic mass is 19.1. The minimum atomic E-state index is -0.622. The van der Waals surface area contributed by atoms with Gasteiger partial charge >= 0.3 is 0 Å². The minimum absolute atomic E-state index is 0.159. The van der Waals surface area contributed by atoms with E-state index in [9.17, 15) is 9.50 Å². The molecule has 0 fully saturated rings. The van der Waals surface area contributed by atoms with Gasteiger partial charge in [0.2, 0.25) is 0 Å². The Labute approximate surface area is 108 Å². The standard InChI is InChI=1S/C15H22FNO/c1-3-15(18,4-2)10-17-14-8-5-11-9-12(16)6-7-13(11)14/h6-7,9,14,17-18H,3-5,8,10H2,1-2H3. The Morgan fingerprint density at radius 3 is 2.78 bits per heavy atom. The SMILES string of the molecule is CCC(O)(CC)CNC1CCc2cc(F)ccc21. The average molecular weight is 251 g/mol. The molecular weight excluding hydrogens is 229 g/mol. The molecule has 1 atom stereocenters. The van der Waals surface area contributed by atoms with Crippen molar-refractivity contribution in [2.24, 2.45) is 0 Å². The van der Waals surface area contributed by atoms with Crippen LogP contribution in [0, 0.1) is 5.82 Å². The maximum Gasteiger partial charge on any atom is 0.123 e. The summed E-state index contributed by atoms with van der Waals surface area (Å²) in [5.41, 5.74) is 1.66. The molecule has 1 aromatic carbocycles. The summed E-state index contributed by atoms with van der Waals surface area (Å²) in [6.45, 7) is 4.60. The van der Waals surface area contributed by atoms with Crippen LogP contribution in [0.15, 0.2) is 18.2 Å². The summed E-state index contributed by atoms with van der Waals surface area (Å²) in [4.78, 5) is 0. The van der Waals surface area contributed by atoms with Crippen molar-refractivity contribution in [2.45, 2.75) is 51.2 Å². The predicted octanol–water partition coefficient (Wildman–Crippen LogP) is 2.95. The molecule has 0 aromatic heterocycles. The first-order chi connectivity index (χ1) is 8.58. The van der Waals surface area contributed by atoms with Crippen LogP contribution >= 0.6 is 0 Å². The number of fused-ring (bicyclic) bond motifs is 1. The molecule has 18 heavy (non-hydrogen) atoms. The lowest BCUT2D eigenvalue weighted by Gasteiger charge is -2.27. The molecule has 2 nitrogen and oxygen atoms in total. The van der Waals surface area contributed by atoms with Crippen LogP contribution in [-0.4, -0.2) is 17.3 Å². The molecule has 0 radical (unpaired) electrons. The van der Waals surface area contributed by atoms with Gasteiger partial charge in [0, 0.05) is 12.6 Å². The molecule has 0 bridgehead atoms. The second kappa shape index (κ2) is 5.37. The highest BCUT2D eigenvalue weighted by Gasteiger charge is 2.27. The third-order valence-corrected chi connectivity index (χ3v) is 4.18. The Morgan fingerprint density at radius 1 is 1.39 bits per heavy atom. The van der Waals surface area contributed by atoms with Crippen LogP contribution in [-0.2, 0) is 6.42 Å². The molecule has 0 amide bonds. The van der Waals surface area contributed by atoms with Crippen LogP contribution in [0.3, 0.4) is 0 Å². The van der Waals surface area contributed by atoms with Crippen molar-refractivity contribution in [3.05, 3.63) is 35.1 Å². The number of halogens is 1. The quantitative estimate of drug-likeness (QED) is 0.843. The van der Waals surface area contributed by atoms with Crippen molar-refractivity contribution in [3.63, 3.8) is 0 Å². The monoisotopic (exact) mass is 251 g/mol. The number of benzene rings is 1. The Hall–Kier alpha value is -0.930. The second-order valence-electron chi connectivity index (χ2n) is 5.25. The Balaban J connectivity index is 2.02. The number of aryl methyl sites for hydroxylation is 1. The van der Waals surface area contributed by atoms with E-state index in [0.717, 1.165) is 31.2 Å². The van der Waals surface area contributed by atoms with Gasteiger partial charge in [0.15, 0.2) is 0 Å². The number of hydrogen-bond donors (Lipinski definition) is 2. The fourth-order valence-corrected chi connectivity index (χ4v) is 2.61. The zero-order valence-electron chi connectivity index (χ0n) is 11.2. The van der Waals surface area contributed by atoms with Gasteiger partial charge < -0.3 is 10.4 Å². The van der Waals surface area contributed by atoms with Crippen LogP contribution in [0.2, 0.25) is 0 Å². The van der Waals surface area contributed by atoms with E-state index in [0.29, 0.717) is 6.54 Å². The van der Waals surface area contributed by atoms with E-state index < -0.39 is 5.60 Å².